The maximum absolute atomic E-state index is 13.2. The fourth-order valence-electron chi connectivity index (χ4n) is 3.26. The Morgan fingerprint density at radius 3 is 2.36 bits per heavy atom. The molecule has 0 aliphatic carbocycles. The number of sulfone groups is 1. The summed E-state index contributed by atoms with van der Waals surface area (Å²) >= 11 is 1.45. The van der Waals surface area contributed by atoms with E-state index < -0.39 is 15.7 Å². The molecule has 8 heteroatoms. The minimum absolute atomic E-state index is 0.134. The Labute approximate surface area is 198 Å². The van der Waals surface area contributed by atoms with Crippen molar-refractivity contribution in [1.29, 1.82) is 0 Å². The van der Waals surface area contributed by atoms with Crippen molar-refractivity contribution < 1.29 is 18.0 Å². The lowest BCUT2D eigenvalue weighted by atomic mass is 10.0. The van der Waals surface area contributed by atoms with E-state index in [4.69, 9.17) is 0 Å². The summed E-state index contributed by atoms with van der Waals surface area (Å²) in [6.45, 7) is 3.82. The predicted octanol–water partition coefficient (Wildman–Crippen LogP) is 4.50. The van der Waals surface area contributed by atoms with Gasteiger partial charge in [-0.1, -0.05) is 42.8 Å². The number of amides is 2. The van der Waals surface area contributed by atoms with Crippen LogP contribution in [0.4, 0.5) is 0 Å². The summed E-state index contributed by atoms with van der Waals surface area (Å²) in [5, 5.41) is 7.59. The van der Waals surface area contributed by atoms with Gasteiger partial charge in [0.1, 0.15) is 5.70 Å². The third kappa shape index (κ3) is 6.63. The first-order valence-corrected chi connectivity index (χ1v) is 13.2. The first kappa shape index (κ1) is 24.4. The lowest BCUT2D eigenvalue weighted by Gasteiger charge is -2.19. The van der Waals surface area contributed by atoms with E-state index in [9.17, 15) is 18.0 Å². The molecule has 0 fully saturated rings. The normalized spacial score (nSPS) is 12.8. The van der Waals surface area contributed by atoms with Crippen LogP contribution in [-0.4, -0.2) is 26.5 Å². The summed E-state index contributed by atoms with van der Waals surface area (Å²) in [5.74, 6) is -0.800. The average molecular weight is 483 g/mol. The lowest BCUT2D eigenvalue weighted by molar-refractivity contribution is -0.118. The van der Waals surface area contributed by atoms with E-state index >= 15 is 0 Å². The van der Waals surface area contributed by atoms with E-state index in [0.717, 1.165) is 22.3 Å². The summed E-state index contributed by atoms with van der Waals surface area (Å²) in [6.07, 6.45) is 3.38. The van der Waals surface area contributed by atoms with Gasteiger partial charge in [0.2, 0.25) is 0 Å². The van der Waals surface area contributed by atoms with Crippen LogP contribution in [0.3, 0.4) is 0 Å². The molecule has 0 bridgehead atoms. The molecule has 0 spiro atoms. The second-order valence-electron chi connectivity index (χ2n) is 7.67. The van der Waals surface area contributed by atoms with E-state index in [1.165, 1.54) is 23.5 Å². The third-order valence-corrected chi connectivity index (χ3v) is 6.97. The number of nitrogens with one attached hydrogen (secondary N) is 2. The predicted molar refractivity (Wildman–Crippen MR) is 132 cm³/mol. The number of hydrogen-bond acceptors (Lipinski definition) is 5. The highest BCUT2D eigenvalue weighted by molar-refractivity contribution is 7.90. The molecule has 0 aliphatic heterocycles. The maximum atomic E-state index is 13.2. The Hall–Kier alpha value is -3.23. The molecule has 2 aromatic carbocycles. The van der Waals surface area contributed by atoms with Crippen molar-refractivity contribution in [3.8, 4) is 0 Å². The van der Waals surface area contributed by atoms with Crippen molar-refractivity contribution in [2.24, 2.45) is 0 Å². The van der Waals surface area contributed by atoms with Crippen LogP contribution in [0.1, 0.15) is 45.7 Å². The van der Waals surface area contributed by atoms with Crippen molar-refractivity contribution in [1.82, 2.24) is 10.6 Å². The molecule has 3 aromatic rings. The van der Waals surface area contributed by atoms with Crippen LogP contribution < -0.4 is 10.6 Å². The molecule has 1 heterocycles. The summed E-state index contributed by atoms with van der Waals surface area (Å²) in [4.78, 5) is 27.0. The number of rotatable bonds is 8. The van der Waals surface area contributed by atoms with E-state index in [1.54, 1.807) is 36.4 Å². The summed E-state index contributed by atoms with van der Waals surface area (Å²) in [5.41, 5.74) is 2.32. The van der Waals surface area contributed by atoms with Crippen molar-refractivity contribution in [2.75, 3.05) is 6.26 Å². The SMILES string of the molecule is CCC(NC(=O)/C(=C/c1cccs1)NC(=O)c1cccc(C)c1)c1ccc(S(C)(=O)=O)cc1. The monoisotopic (exact) mass is 482 g/mol. The third-order valence-electron chi connectivity index (χ3n) is 5.03. The van der Waals surface area contributed by atoms with Gasteiger partial charge >= 0.3 is 0 Å². The van der Waals surface area contributed by atoms with Crippen LogP contribution in [0.25, 0.3) is 6.08 Å². The van der Waals surface area contributed by atoms with Gasteiger partial charge in [-0.2, -0.15) is 0 Å². The fourth-order valence-corrected chi connectivity index (χ4v) is 4.55. The van der Waals surface area contributed by atoms with Gasteiger partial charge in [-0.25, -0.2) is 8.42 Å². The maximum Gasteiger partial charge on any atom is 0.268 e. The van der Waals surface area contributed by atoms with E-state index in [1.807, 2.05) is 37.4 Å². The largest absolute Gasteiger partial charge is 0.344 e. The number of hydrogen-bond donors (Lipinski definition) is 2. The van der Waals surface area contributed by atoms with Gasteiger partial charge in [0, 0.05) is 16.7 Å². The smallest absolute Gasteiger partial charge is 0.268 e. The molecule has 0 radical (unpaired) electrons. The molecule has 0 saturated heterocycles. The highest BCUT2D eigenvalue weighted by atomic mass is 32.2. The Morgan fingerprint density at radius 1 is 1.06 bits per heavy atom. The van der Waals surface area contributed by atoms with Gasteiger partial charge in [-0.05, 0) is 60.7 Å². The van der Waals surface area contributed by atoms with Crippen molar-refractivity contribution >= 4 is 39.1 Å². The summed E-state index contributed by atoms with van der Waals surface area (Å²) in [7, 11) is -3.30. The fraction of sp³-hybridized carbons (Fsp3) is 0.200. The zero-order valence-electron chi connectivity index (χ0n) is 18.7. The van der Waals surface area contributed by atoms with Gasteiger partial charge in [0.15, 0.2) is 9.84 Å². The molecule has 2 N–H and O–H groups in total. The zero-order valence-corrected chi connectivity index (χ0v) is 20.3. The molecule has 1 aromatic heterocycles. The minimum atomic E-state index is -3.30. The molecule has 2 amide bonds. The Morgan fingerprint density at radius 2 is 1.79 bits per heavy atom. The zero-order chi connectivity index (χ0) is 24.0. The molecular weight excluding hydrogens is 456 g/mol. The highest BCUT2D eigenvalue weighted by Gasteiger charge is 2.19. The molecule has 172 valence electrons. The van der Waals surface area contributed by atoms with Crippen LogP contribution in [0, 0.1) is 6.92 Å². The molecule has 1 unspecified atom stereocenters. The Bertz CT molecular complexity index is 1260. The molecular formula is C25H26N2O4S2. The molecule has 0 saturated carbocycles. The number of benzene rings is 2. The van der Waals surface area contributed by atoms with Crippen LogP contribution in [0.15, 0.2) is 76.6 Å². The van der Waals surface area contributed by atoms with E-state index in [-0.39, 0.29) is 22.5 Å². The van der Waals surface area contributed by atoms with E-state index in [2.05, 4.69) is 10.6 Å². The number of thiophene rings is 1. The molecule has 0 aliphatic rings. The standard InChI is InChI=1S/C25H26N2O4S2/c1-4-22(18-10-12-21(13-11-18)33(3,30)31)26-25(29)23(16-20-9-6-14-32-20)27-24(28)19-8-5-7-17(2)15-19/h5-16,22H,4H2,1-3H3,(H,26,29)(H,27,28)/b23-16-. The molecule has 6 nitrogen and oxygen atoms in total. The van der Waals surface area contributed by atoms with Gasteiger partial charge in [0.25, 0.3) is 11.8 Å². The second-order valence-corrected chi connectivity index (χ2v) is 10.7. The average Bonchev–Trinajstić information content (AvgIpc) is 3.29. The van der Waals surface area contributed by atoms with Crippen LogP contribution in [0.5, 0.6) is 0 Å². The van der Waals surface area contributed by atoms with Crippen LogP contribution >= 0.6 is 11.3 Å². The lowest BCUT2D eigenvalue weighted by Crippen LogP contribution is -2.36. The molecule has 33 heavy (non-hydrogen) atoms. The van der Waals surface area contributed by atoms with Crippen molar-refractivity contribution in [2.45, 2.75) is 31.2 Å². The molecule has 3 rings (SSSR count). The first-order valence-electron chi connectivity index (χ1n) is 10.4. The van der Waals surface area contributed by atoms with Gasteiger partial charge in [0.05, 0.1) is 10.9 Å². The van der Waals surface area contributed by atoms with Gasteiger partial charge in [-0.15, -0.1) is 11.3 Å². The van der Waals surface area contributed by atoms with Gasteiger partial charge in [-0.3, -0.25) is 9.59 Å². The van der Waals surface area contributed by atoms with Gasteiger partial charge < -0.3 is 10.6 Å². The Balaban J connectivity index is 1.84. The highest BCUT2D eigenvalue weighted by Crippen LogP contribution is 2.20. The number of aryl methyl sites for hydroxylation is 1. The molecule has 1 atom stereocenters. The first-order chi connectivity index (χ1) is 15.7. The summed E-state index contributed by atoms with van der Waals surface area (Å²) < 4.78 is 23.5. The summed E-state index contributed by atoms with van der Waals surface area (Å²) in [6, 6.07) is 17.0. The Kier molecular flexibility index (Phi) is 7.84. The van der Waals surface area contributed by atoms with Crippen molar-refractivity contribution in [3.05, 3.63) is 93.3 Å². The van der Waals surface area contributed by atoms with Crippen molar-refractivity contribution in [3.63, 3.8) is 0 Å². The topological polar surface area (TPSA) is 92.3 Å². The van der Waals surface area contributed by atoms with Crippen LogP contribution in [-0.2, 0) is 14.6 Å². The van der Waals surface area contributed by atoms with E-state index in [0.29, 0.717) is 12.0 Å². The minimum Gasteiger partial charge on any atom is -0.344 e. The van der Waals surface area contributed by atoms with Crippen LogP contribution in [0.2, 0.25) is 0 Å². The second kappa shape index (κ2) is 10.6. The number of carbonyl (C=O) groups is 2. The number of carbonyl (C=O) groups excluding carboxylic acids is 2. The quantitative estimate of drug-likeness (QED) is 0.463.